The van der Waals surface area contributed by atoms with E-state index in [-0.39, 0.29) is 6.61 Å². The van der Waals surface area contributed by atoms with Gasteiger partial charge in [0.05, 0.1) is 5.39 Å². The van der Waals surface area contributed by atoms with E-state index in [9.17, 15) is 4.79 Å². The van der Waals surface area contributed by atoms with E-state index in [0.717, 1.165) is 29.5 Å². The van der Waals surface area contributed by atoms with Crippen LogP contribution in [0.5, 0.6) is 5.88 Å². The molecule has 2 heterocycles. The number of fused-ring (bicyclic) bond motifs is 3. The largest absolute Gasteiger partial charge is 0.479 e. The fourth-order valence-electron chi connectivity index (χ4n) is 2.49. The average molecular weight is 278 g/mol. The lowest BCUT2D eigenvalue weighted by Crippen LogP contribution is -2.12. The Bertz CT molecular complexity index is 638. The average Bonchev–Trinajstić information content (AvgIpc) is 2.73. The number of carboxylic acids is 1. The van der Waals surface area contributed by atoms with Crippen molar-refractivity contribution >= 4 is 27.5 Å². The first-order chi connectivity index (χ1) is 9.15. The Morgan fingerprint density at radius 1 is 1.58 bits per heavy atom. The van der Waals surface area contributed by atoms with Crippen LogP contribution in [0.4, 0.5) is 0 Å². The molecule has 0 saturated carbocycles. The number of aromatic nitrogens is 2. The number of rotatable bonds is 3. The molecule has 3 rings (SSSR count). The Morgan fingerprint density at radius 3 is 3.21 bits per heavy atom. The van der Waals surface area contributed by atoms with Crippen LogP contribution < -0.4 is 4.74 Å². The summed E-state index contributed by atoms with van der Waals surface area (Å²) in [5.74, 6) is 0.0980. The van der Waals surface area contributed by atoms with E-state index in [1.807, 2.05) is 0 Å². The van der Waals surface area contributed by atoms with Gasteiger partial charge < -0.3 is 9.84 Å². The van der Waals surface area contributed by atoms with E-state index < -0.39 is 5.97 Å². The van der Waals surface area contributed by atoms with Gasteiger partial charge in [0.15, 0.2) is 6.61 Å². The van der Waals surface area contributed by atoms with Gasteiger partial charge in [0.25, 0.3) is 0 Å². The second-order valence-corrected chi connectivity index (χ2v) is 5.98. The molecule has 0 spiro atoms. The van der Waals surface area contributed by atoms with Gasteiger partial charge in [-0.3, -0.25) is 0 Å². The molecule has 1 aliphatic rings. The summed E-state index contributed by atoms with van der Waals surface area (Å²) in [6.45, 7) is 1.88. The van der Waals surface area contributed by atoms with Crippen LogP contribution in [0.25, 0.3) is 10.2 Å². The lowest BCUT2D eigenvalue weighted by Gasteiger charge is -2.18. The van der Waals surface area contributed by atoms with Gasteiger partial charge >= 0.3 is 5.97 Å². The number of aryl methyl sites for hydroxylation is 1. The number of carbonyl (C=O) groups is 1. The van der Waals surface area contributed by atoms with Gasteiger partial charge in [-0.1, -0.05) is 6.92 Å². The highest BCUT2D eigenvalue weighted by Crippen LogP contribution is 2.40. The van der Waals surface area contributed by atoms with Crippen LogP contribution in [0.1, 0.15) is 23.8 Å². The third-order valence-corrected chi connectivity index (χ3v) is 4.55. The number of ether oxygens (including phenoxy) is 1. The molecule has 0 saturated heterocycles. The number of aliphatic carboxylic acids is 1. The molecule has 2 aromatic heterocycles. The third-order valence-electron chi connectivity index (χ3n) is 3.39. The fourth-order valence-corrected chi connectivity index (χ4v) is 3.83. The SMILES string of the molecule is CC1CCc2c(sc3ncnc(OCC(=O)O)c23)C1. The van der Waals surface area contributed by atoms with E-state index in [2.05, 4.69) is 16.9 Å². The van der Waals surface area contributed by atoms with Crippen molar-refractivity contribution in [1.82, 2.24) is 9.97 Å². The normalized spacial score (nSPS) is 18.3. The minimum absolute atomic E-state index is 0.368. The van der Waals surface area contributed by atoms with Crippen LogP contribution >= 0.6 is 11.3 Å². The van der Waals surface area contributed by atoms with Crippen molar-refractivity contribution in [3.05, 3.63) is 16.8 Å². The predicted molar refractivity (Wildman–Crippen MR) is 71.7 cm³/mol. The summed E-state index contributed by atoms with van der Waals surface area (Å²) in [5, 5.41) is 9.62. The van der Waals surface area contributed by atoms with Gasteiger partial charge in [-0.05, 0) is 30.7 Å². The summed E-state index contributed by atoms with van der Waals surface area (Å²) in [6, 6.07) is 0. The summed E-state index contributed by atoms with van der Waals surface area (Å²) in [5.41, 5.74) is 1.25. The Morgan fingerprint density at radius 2 is 2.42 bits per heavy atom. The maximum Gasteiger partial charge on any atom is 0.341 e. The van der Waals surface area contributed by atoms with Crippen LogP contribution in [0.2, 0.25) is 0 Å². The zero-order valence-electron chi connectivity index (χ0n) is 10.5. The molecule has 0 fully saturated rings. The van der Waals surface area contributed by atoms with E-state index >= 15 is 0 Å². The second kappa shape index (κ2) is 4.77. The van der Waals surface area contributed by atoms with Crippen molar-refractivity contribution in [2.45, 2.75) is 26.2 Å². The summed E-state index contributed by atoms with van der Waals surface area (Å²) >= 11 is 1.67. The lowest BCUT2D eigenvalue weighted by molar-refractivity contribution is -0.139. The smallest absolute Gasteiger partial charge is 0.341 e. The van der Waals surface area contributed by atoms with Crippen molar-refractivity contribution in [3.63, 3.8) is 0 Å². The van der Waals surface area contributed by atoms with Crippen LogP contribution in [-0.2, 0) is 17.6 Å². The first-order valence-corrected chi connectivity index (χ1v) is 7.06. The first kappa shape index (κ1) is 12.3. The molecule has 1 atom stereocenters. The Balaban J connectivity index is 2.06. The molecule has 19 heavy (non-hydrogen) atoms. The van der Waals surface area contributed by atoms with Gasteiger partial charge in [0.1, 0.15) is 11.2 Å². The summed E-state index contributed by atoms with van der Waals surface area (Å²) in [4.78, 5) is 21.2. The highest BCUT2D eigenvalue weighted by Gasteiger charge is 2.23. The summed E-state index contributed by atoms with van der Waals surface area (Å²) in [6.07, 6.45) is 4.64. The Labute approximate surface area is 114 Å². The van der Waals surface area contributed by atoms with Crippen molar-refractivity contribution in [2.24, 2.45) is 5.92 Å². The molecule has 6 heteroatoms. The molecule has 0 aromatic carbocycles. The van der Waals surface area contributed by atoms with Gasteiger partial charge in [0, 0.05) is 4.88 Å². The molecule has 0 radical (unpaired) electrons. The molecular weight excluding hydrogens is 264 g/mol. The predicted octanol–water partition coefficient (Wildman–Crippen LogP) is 2.28. The molecule has 0 amide bonds. The van der Waals surface area contributed by atoms with Crippen LogP contribution in [0.3, 0.4) is 0 Å². The van der Waals surface area contributed by atoms with Gasteiger partial charge in [0.2, 0.25) is 5.88 Å². The number of hydrogen-bond donors (Lipinski definition) is 1. The second-order valence-electron chi connectivity index (χ2n) is 4.89. The van der Waals surface area contributed by atoms with E-state index in [1.165, 1.54) is 16.8 Å². The van der Waals surface area contributed by atoms with Gasteiger partial charge in [-0.2, -0.15) is 0 Å². The molecule has 1 unspecified atom stereocenters. The lowest BCUT2D eigenvalue weighted by atomic mass is 9.89. The van der Waals surface area contributed by atoms with Crippen molar-refractivity contribution in [1.29, 1.82) is 0 Å². The maximum atomic E-state index is 10.6. The summed E-state index contributed by atoms with van der Waals surface area (Å²) in [7, 11) is 0. The number of nitrogens with zero attached hydrogens (tertiary/aromatic N) is 2. The zero-order chi connectivity index (χ0) is 13.4. The molecule has 5 nitrogen and oxygen atoms in total. The molecule has 0 aliphatic heterocycles. The molecule has 1 N–H and O–H groups in total. The maximum absolute atomic E-state index is 10.6. The molecule has 100 valence electrons. The van der Waals surface area contributed by atoms with Crippen molar-refractivity contribution in [3.8, 4) is 5.88 Å². The Kier molecular flexibility index (Phi) is 3.10. The van der Waals surface area contributed by atoms with Crippen LogP contribution in [0, 0.1) is 5.92 Å². The topological polar surface area (TPSA) is 72.3 Å². The third kappa shape index (κ3) is 2.28. The first-order valence-electron chi connectivity index (χ1n) is 6.25. The minimum Gasteiger partial charge on any atom is -0.479 e. The van der Waals surface area contributed by atoms with Gasteiger partial charge in [-0.15, -0.1) is 11.3 Å². The number of hydrogen-bond acceptors (Lipinski definition) is 5. The van der Waals surface area contributed by atoms with E-state index in [4.69, 9.17) is 9.84 Å². The standard InChI is InChI=1S/C13H14N2O3S/c1-7-2-3-8-9(4-7)19-13-11(8)12(14-6-15-13)18-5-10(16)17/h6-7H,2-5H2,1H3,(H,16,17). The quantitative estimate of drug-likeness (QED) is 0.932. The molecular formula is C13H14N2O3S. The van der Waals surface area contributed by atoms with Crippen LogP contribution in [0.15, 0.2) is 6.33 Å². The van der Waals surface area contributed by atoms with Crippen LogP contribution in [-0.4, -0.2) is 27.7 Å². The summed E-state index contributed by atoms with van der Waals surface area (Å²) < 4.78 is 5.29. The molecule has 1 aliphatic carbocycles. The van der Waals surface area contributed by atoms with Crippen molar-refractivity contribution < 1.29 is 14.6 Å². The molecule has 0 bridgehead atoms. The number of carboxylic acid groups (broad SMARTS) is 1. The monoisotopic (exact) mass is 278 g/mol. The molecule has 2 aromatic rings. The Hall–Kier alpha value is -1.69. The van der Waals surface area contributed by atoms with Gasteiger partial charge in [-0.25, -0.2) is 14.8 Å². The minimum atomic E-state index is -0.996. The zero-order valence-corrected chi connectivity index (χ0v) is 11.4. The highest BCUT2D eigenvalue weighted by atomic mass is 32.1. The highest BCUT2D eigenvalue weighted by molar-refractivity contribution is 7.18. The van der Waals surface area contributed by atoms with E-state index in [1.54, 1.807) is 11.3 Å². The van der Waals surface area contributed by atoms with E-state index in [0.29, 0.717) is 11.8 Å². The fraction of sp³-hybridized carbons (Fsp3) is 0.462. The van der Waals surface area contributed by atoms with Crippen molar-refractivity contribution in [2.75, 3.05) is 6.61 Å². The number of thiophene rings is 1.